The van der Waals surface area contributed by atoms with Gasteiger partial charge in [-0.3, -0.25) is 0 Å². The molecule has 0 spiro atoms. The van der Waals surface area contributed by atoms with Crippen LogP contribution in [0.5, 0.6) is 0 Å². The summed E-state index contributed by atoms with van der Waals surface area (Å²) in [5.41, 5.74) is 0.726. The number of hydrogen-bond acceptors (Lipinski definition) is 4. The molecule has 4 nitrogen and oxygen atoms in total. The van der Waals surface area contributed by atoms with E-state index < -0.39 is 5.97 Å². The van der Waals surface area contributed by atoms with E-state index in [-0.39, 0.29) is 17.4 Å². The number of nitrogens with zero attached hydrogens (tertiary/aromatic N) is 1. The number of ether oxygens (including phenoxy) is 1. The number of cyclic esters (lactones) is 1. The number of esters is 1. The summed E-state index contributed by atoms with van der Waals surface area (Å²) in [6, 6.07) is 9.39. The third kappa shape index (κ3) is 2.70. The van der Waals surface area contributed by atoms with Crippen LogP contribution in [0.3, 0.4) is 0 Å². The van der Waals surface area contributed by atoms with Gasteiger partial charge in [-0.15, -0.1) is 0 Å². The van der Waals surface area contributed by atoms with Crippen LogP contribution in [0.4, 0.5) is 4.39 Å². The van der Waals surface area contributed by atoms with Crippen molar-refractivity contribution in [2.75, 3.05) is 0 Å². The van der Waals surface area contributed by atoms with Crippen LogP contribution in [0.2, 0.25) is 0 Å². The molecule has 2 aliphatic rings. The first-order chi connectivity index (χ1) is 11.1. The standard InChI is InChI=1S/C18H14FNO3/c1-10-8-14(10)16-7-6-13(22-16)9-15-18(21)23-17(20-15)11-2-4-12(19)5-3-11/h2-7,9-10,14H,8H2,1H3/b15-9-/t10-,14-/m1/s1. The molecule has 2 aromatic rings. The fraction of sp³-hybridized carbons (Fsp3) is 0.222. The first-order valence-corrected chi connectivity index (χ1v) is 7.48. The van der Waals surface area contributed by atoms with Gasteiger partial charge < -0.3 is 9.15 Å². The zero-order chi connectivity index (χ0) is 16.0. The maximum Gasteiger partial charge on any atom is 0.363 e. The number of hydrogen-bond donors (Lipinski definition) is 0. The van der Waals surface area contributed by atoms with Gasteiger partial charge in [0.1, 0.15) is 17.3 Å². The average molecular weight is 311 g/mol. The minimum Gasteiger partial charge on any atom is -0.461 e. The predicted molar refractivity (Wildman–Crippen MR) is 82.2 cm³/mol. The van der Waals surface area contributed by atoms with Crippen LogP contribution in [-0.2, 0) is 9.53 Å². The minimum atomic E-state index is -0.540. The topological polar surface area (TPSA) is 51.8 Å². The van der Waals surface area contributed by atoms with Gasteiger partial charge in [0.2, 0.25) is 5.90 Å². The Kier molecular flexibility index (Phi) is 3.15. The van der Waals surface area contributed by atoms with Gasteiger partial charge in [-0.25, -0.2) is 14.2 Å². The monoisotopic (exact) mass is 311 g/mol. The Morgan fingerprint density at radius 2 is 1.96 bits per heavy atom. The van der Waals surface area contributed by atoms with E-state index in [4.69, 9.17) is 9.15 Å². The van der Waals surface area contributed by atoms with Crippen LogP contribution in [0.1, 0.15) is 36.3 Å². The molecule has 1 aromatic heterocycles. The Morgan fingerprint density at radius 1 is 1.22 bits per heavy atom. The van der Waals surface area contributed by atoms with Crippen molar-refractivity contribution in [3.63, 3.8) is 0 Å². The van der Waals surface area contributed by atoms with Crippen molar-refractivity contribution in [1.82, 2.24) is 0 Å². The highest BCUT2D eigenvalue weighted by Crippen LogP contribution is 2.47. The number of furan rings is 1. The average Bonchev–Trinajstić information content (AvgIpc) is 2.94. The van der Waals surface area contributed by atoms with E-state index in [1.54, 1.807) is 6.08 Å². The second-order valence-electron chi connectivity index (χ2n) is 5.90. The summed E-state index contributed by atoms with van der Waals surface area (Å²) in [6.07, 6.45) is 2.70. The largest absolute Gasteiger partial charge is 0.461 e. The molecule has 0 amide bonds. The van der Waals surface area contributed by atoms with E-state index in [1.807, 2.05) is 12.1 Å². The smallest absolute Gasteiger partial charge is 0.363 e. The molecule has 0 bridgehead atoms. The van der Waals surface area contributed by atoms with Crippen LogP contribution in [0, 0.1) is 11.7 Å². The summed E-state index contributed by atoms with van der Waals surface area (Å²) in [4.78, 5) is 16.1. The van der Waals surface area contributed by atoms with E-state index in [2.05, 4.69) is 11.9 Å². The van der Waals surface area contributed by atoms with Gasteiger partial charge in [0, 0.05) is 17.6 Å². The van der Waals surface area contributed by atoms with Crippen molar-refractivity contribution in [2.24, 2.45) is 10.9 Å². The molecule has 0 N–H and O–H groups in total. The van der Waals surface area contributed by atoms with E-state index in [0.29, 0.717) is 23.2 Å². The highest BCUT2D eigenvalue weighted by atomic mass is 19.1. The zero-order valence-electron chi connectivity index (χ0n) is 12.5. The Morgan fingerprint density at radius 3 is 2.65 bits per heavy atom. The van der Waals surface area contributed by atoms with Crippen LogP contribution in [0.15, 0.2) is 51.5 Å². The number of halogens is 1. The second-order valence-corrected chi connectivity index (χ2v) is 5.90. The molecule has 0 saturated heterocycles. The number of benzene rings is 1. The molecule has 5 heteroatoms. The van der Waals surface area contributed by atoms with E-state index in [1.165, 1.54) is 24.3 Å². The summed E-state index contributed by atoms with van der Waals surface area (Å²) in [5, 5.41) is 0. The molecule has 0 radical (unpaired) electrons. The molecule has 0 unspecified atom stereocenters. The molecule has 1 aromatic carbocycles. The molecule has 116 valence electrons. The van der Waals surface area contributed by atoms with Gasteiger partial charge in [-0.05, 0) is 48.7 Å². The first kappa shape index (κ1) is 13.9. The summed E-state index contributed by atoms with van der Waals surface area (Å²) >= 11 is 0. The molecule has 1 aliphatic carbocycles. The van der Waals surface area contributed by atoms with Gasteiger partial charge in [-0.1, -0.05) is 6.92 Å². The van der Waals surface area contributed by atoms with Gasteiger partial charge in [0.25, 0.3) is 0 Å². The lowest BCUT2D eigenvalue weighted by atomic mass is 10.2. The molecule has 23 heavy (non-hydrogen) atoms. The van der Waals surface area contributed by atoms with Crippen LogP contribution >= 0.6 is 0 Å². The highest BCUT2D eigenvalue weighted by molar-refractivity contribution is 6.12. The van der Waals surface area contributed by atoms with Gasteiger partial charge in [0.15, 0.2) is 5.70 Å². The lowest BCUT2D eigenvalue weighted by Gasteiger charge is -1.98. The van der Waals surface area contributed by atoms with Crippen LogP contribution in [0.25, 0.3) is 6.08 Å². The third-order valence-electron chi connectivity index (χ3n) is 4.11. The molecule has 2 heterocycles. The molecular formula is C18H14FNO3. The summed E-state index contributed by atoms with van der Waals surface area (Å²) in [5.74, 6) is 1.93. The minimum absolute atomic E-state index is 0.170. The van der Waals surface area contributed by atoms with Crippen molar-refractivity contribution >= 4 is 17.9 Å². The van der Waals surface area contributed by atoms with Crippen molar-refractivity contribution < 1.29 is 18.3 Å². The van der Waals surface area contributed by atoms with Crippen molar-refractivity contribution in [1.29, 1.82) is 0 Å². The zero-order valence-corrected chi connectivity index (χ0v) is 12.5. The molecule has 2 atom stereocenters. The molecule has 4 rings (SSSR count). The summed E-state index contributed by atoms with van der Waals surface area (Å²) in [7, 11) is 0. The SMILES string of the molecule is C[C@@H]1C[C@H]1c1ccc(/C=C2\N=C(c3ccc(F)cc3)OC2=O)o1. The van der Waals surface area contributed by atoms with E-state index >= 15 is 0 Å². The number of aliphatic imine (C=N–C) groups is 1. The van der Waals surface area contributed by atoms with Gasteiger partial charge in [-0.2, -0.15) is 0 Å². The highest BCUT2D eigenvalue weighted by Gasteiger charge is 2.36. The Hall–Kier alpha value is -2.69. The fourth-order valence-electron chi connectivity index (χ4n) is 2.62. The molecular weight excluding hydrogens is 297 g/mol. The maximum absolute atomic E-state index is 12.9. The molecule has 1 saturated carbocycles. The van der Waals surface area contributed by atoms with Crippen LogP contribution < -0.4 is 0 Å². The fourth-order valence-corrected chi connectivity index (χ4v) is 2.62. The lowest BCUT2D eigenvalue weighted by Crippen LogP contribution is -2.05. The molecule has 1 aliphatic heterocycles. The van der Waals surface area contributed by atoms with Gasteiger partial charge >= 0.3 is 5.97 Å². The van der Waals surface area contributed by atoms with Crippen molar-refractivity contribution in [2.45, 2.75) is 19.3 Å². The van der Waals surface area contributed by atoms with Crippen molar-refractivity contribution in [3.05, 3.63) is 65.0 Å². The number of carbonyl (C=O) groups is 1. The normalized spacial score (nSPS) is 24.7. The Balaban J connectivity index is 1.59. The third-order valence-corrected chi connectivity index (χ3v) is 4.11. The number of carbonyl (C=O) groups excluding carboxylic acids is 1. The Bertz CT molecular complexity index is 832. The quantitative estimate of drug-likeness (QED) is 0.638. The van der Waals surface area contributed by atoms with E-state index in [0.717, 1.165) is 12.2 Å². The van der Waals surface area contributed by atoms with Crippen molar-refractivity contribution in [3.8, 4) is 0 Å². The lowest BCUT2D eigenvalue weighted by molar-refractivity contribution is -0.129. The van der Waals surface area contributed by atoms with E-state index in [9.17, 15) is 9.18 Å². The second kappa shape index (κ2) is 5.19. The maximum atomic E-state index is 12.9. The first-order valence-electron chi connectivity index (χ1n) is 7.48. The molecule has 1 fully saturated rings. The van der Waals surface area contributed by atoms with Crippen LogP contribution in [-0.4, -0.2) is 11.9 Å². The number of rotatable bonds is 3. The summed E-state index contributed by atoms with van der Waals surface area (Å²) in [6.45, 7) is 2.18. The Labute approximate surface area is 132 Å². The summed E-state index contributed by atoms with van der Waals surface area (Å²) < 4.78 is 23.8. The predicted octanol–water partition coefficient (Wildman–Crippen LogP) is 3.89. The van der Waals surface area contributed by atoms with Gasteiger partial charge in [0.05, 0.1) is 0 Å².